The summed E-state index contributed by atoms with van der Waals surface area (Å²) in [5.74, 6) is 0. The first kappa shape index (κ1) is 14.1. The molecule has 0 N–H and O–H groups in total. The van der Waals surface area contributed by atoms with E-state index in [2.05, 4.69) is 0 Å². The van der Waals surface area contributed by atoms with Crippen LogP contribution in [-0.4, -0.2) is 9.46 Å². The van der Waals surface area contributed by atoms with E-state index in [-0.39, 0.29) is 10.1 Å². The Hall–Kier alpha value is -1.35. The molecule has 0 bridgehead atoms. The van der Waals surface area contributed by atoms with E-state index in [0.29, 0.717) is 0 Å². The minimum atomic E-state index is -4.60. The first-order valence-corrected chi connectivity index (χ1v) is 7.16. The summed E-state index contributed by atoms with van der Waals surface area (Å²) in [5.41, 5.74) is -1.43. The second kappa shape index (κ2) is 5.33. The minimum absolute atomic E-state index is 0.0611. The van der Waals surface area contributed by atoms with Gasteiger partial charge < -0.3 is 0 Å². The maximum atomic E-state index is 12.8. The van der Waals surface area contributed by atoms with Gasteiger partial charge in [-0.05, 0) is 31.0 Å². The highest BCUT2D eigenvalue weighted by Gasteiger charge is 2.34. The van der Waals surface area contributed by atoms with E-state index in [9.17, 15) is 17.4 Å². The molecule has 0 aromatic heterocycles. The van der Waals surface area contributed by atoms with Crippen LogP contribution in [0.25, 0.3) is 0 Å². The van der Waals surface area contributed by atoms with E-state index in [4.69, 9.17) is 5.26 Å². The average Bonchev–Trinajstić information content (AvgIpc) is 2.90. The third-order valence-corrected chi connectivity index (χ3v) is 5.05. The Balaban J connectivity index is 2.38. The molecule has 0 aliphatic heterocycles. The molecule has 1 aliphatic carbocycles. The number of rotatable bonds is 2. The molecule has 2 nitrogen and oxygen atoms in total. The quantitative estimate of drug-likeness (QED) is 0.833. The van der Waals surface area contributed by atoms with E-state index in [1.54, 1.807) is 0 Å². The van der Waals surface area contributed by atoms with E-state index in [1.165, 1.54) is 12.1 Å². The third-order valence-electron chi connectivity index (χ3n) is 3.25. The largest absolute Gasteiger partial charge is 0.417 e. The van der Waals surface area contributed by atoms with Gasteiger partial charge in [-0.2, -0.15) is 18.4 Å². The summed E-state index contributed by atoms with van der Waals surface area (Å²) in [4.78, 5) is 0.165. The molecule has 102 valence electrons. The second-order valence-corrected chi connectivity index (χ2v) is 6.25. The first-order chi connectivity index (χ1) is 8.93. The van der Waals surface area contributed by atoms with Crippen LogP contribution in [0.1, 0.15) is 36.8 Å². The number of hydrogen-bond acceptors (Lipinski definition) is 2. The first-order valence-electron chi connectivity index (χ1n) is 5.95. The lowest BCUT2D eigenvalue weighted by molar-refractivity contribution is -0.137. The molecule has 1 aliphatic rings. The Morgan fingerprint density at radius 1 is 1.26 bits per heavy atom. The smallest absolute Gasteiger partial charge is 0.254 e. The van der Waals surface area contributed by atoms with Crippen LogP contribution >= 0.6 is 0 Å². The van der Waals surface area contributed by atoms with Crippen molar-refractivity contribution < 1.29 is 17.4 Å². The molecule has 0 saturated heterocycles. The number of benzene rings is 1. The van der Waals surface area contributed by atoms with Gasteiger partial charge in [-0.1, -0.05) is 12.8 Å². The molecule has 6 heteroatoms. The Morgan fingerprint density at radius 3 is 2.42 bits per heavy atom. The number of alkyl halides is 3. The minimum Gasteiger partial charge on any atom is -0.254 e. The summed E-state index contributed by atoms with van der Waals surface area (Å²) in [5, 5.41) is 8.64. The molecule has 1 aromatic rings. The van der Waals surface area contributed by atoms with Crippen molar-refractivity contribution in [2.24, 2.45) is 0 Å². The molecule has 0 spiro atoms. The Morgan fingerprint density at radius 2 is 1.89 bits per heavy atom. The van der Waals surface area contributed by atoms with Gasteiger partial charge in [0.2, 0.25) is 0 Å². The molecule has 1 aromatic carbocycles. The van der Waals surface area contributed by atoms with Gasteiger partial charge in [-0.15, -0.1) is 0 Å². The molecule has 1 saturated carbocycles. The lowest BCUT2D eigenvalue weighted by atomic mass is 10.1. The van der Waals surface area contributed by atoms with E-state index >= 15 is 0 Å². The van der Waals surface area contributed by atoms with Crippen LogP contribution in [-0.2, 0) is 17.0 Å². The van der Waals surface area contributed by atoms with Gasteiger partial charge in [0, 0.05) is 10.1 Å². The monoisotopic (exact) mass is 287 g/mol. The zero-order valence-electron chi connectivity index (χ0n) is 10.0. The highest BCUT2D eigenvalue weighted by Crippen LogP contribution is 2.34. The van der Waals surface area contributed by atoms with Crippen LogP contribution in [0.3, 0.4) is 0 Å². The summed E-state index contributed by atoms with van der Waals surface area (Å²) in [6.07, 6.45) is -1.08. The van der Waals surface area contributed by atoms with Crippen LogP contribution in [0, 0.1) is 11.3 Å². The number of nitrogens with zero attached hydrogens (tertiary/aromatic N) is 1. The lowest BCUT2D eigenvalue weighted by Crippen LogP contribution is -2.13. The number of nitriles is 1. The second-order valence-electron chi connectivity index (χ2n) is 4.52. The zero-order valence-corrected chi connectivity index (χ0v) is 10.9. The highest BCUT2D eigenvalue weighted by atomic mass is 32.2. The van der Waals surface area contributed by atoms with Crippen molar-refractivity contribution in [1.82, 2.24) is 0 Å². The normalized spacial score (nSPS) is 18.2. The van der Waals surface area contributed by atoms with Gasteiger partial charge in [0.1, 0.15) is 0 Å². The van der Waals surface area contributed by atoms with Gasteiger partial charge in [0.05, 0.1) is 28.0 Å². The molecule has 0 amide bonds. The van der Waals surface area contributed by atoms with Crippen LogP contribution < -0.4 is 0 Å². The van der Waals surface area contributed by atoms with E-state index in [1.807, 2.05) is 0 Å². The maximum absolute atomic E-state index is 12.8. The zero-order chi connectivity index (χ0) is 14.0. The fourth-order valence-corrected chi connectivity index (χ4v) is 3.86. The number of halogens is 3. The van der Waals surface area contributed by atoms with Gasteiger partial charge in [-0.3, -0.25) is 4.21 Å². The fraction of sp³-hybridized carbons (Fsp3) is 0.462. The van der Waals surface area contributed by atoms with E-state index < -0.39 is 28.1 Å². The van der Waals surface area contributed by atoms with Crippen molar-refractivity contribution in [1.29, 1.82) is 5.26 Å². The van der Waals surface area contributed by atoms with Crippen molar-refractivity contribution in [2.45, 2.75) is 42.0 Å². The molecular formula is C13H12F3NOS. The molecular weight excluding hydrogens is 275 g/mol. The predicted octanol–water partition coefficient (Wildman–Crippen LogP) is 3.63. The predicted molar refractivity (Wildman–Crippen MR) is 64.8 cm³/mol. The molecule has 2 rings (SSSR count). The maximum Gasteiger partial charge on any atom is 0.417 e. The Kier molecular flexibility index (Phi) is 3.95. The van der Waals surface area contributed by atoms with Gasteiger partial charge >= 0.3 is 6.18 Å². The van der Waals surface area contributed by atoms with Crippen LogP contribution in [0.4, 0.5) is 13.2 Å². The van der Waals surface area contributed by atoms with Crippen LogP contribution in [0.2, 0.25) is 0 Å². The summed E-state index contributed by atoms with van der Waals surface area (Å²) < 4.78 is 50.6. The van der Waals surface area contributed by atoms with E-state index in [0.717, 1.165) is 37.8 Å². The summed E-state index contributed by atoms with van der Waals surface area (Å²) >= 11 is 0. The van der Waals surface area contributed by atoms with Gasteiger partial charge in [0.25, 0.3) is 0 Å². The average molecular weight is 287 g/mol. The Labute approximate surface area is 111 Å². The van der Waals surface area contributed by atoms with Crippen molar-refractivity contribution in [3.8, 4) is 6.07 Å². The SMILES string of the molecule is N#Cc1ccc(S(=O)C2CCCC2)cc1C(F)(F)F. The summed E-state index contributed by atoms with van der Waals surface area (Å²) in [7, 11) is -1.42. The van der Waals surface area contributed by atoms with Gasteiger partial charge in [-0.25, -0.2) is 0 Å². The Bertz CT molecular complexity index is 542. The van der Waals surface area contributed by atoms with Crippen LogP contribution in [0.15, 0.2) is 23.1 Å². The lowest BCUT2D eigenvalue weighted by Gasteiger charge is -2.13. The van der Waals surface area contributed by atoms with Gasteiger partial charge in [0.15, 0.2) is 0 Å². The number of hydrogen-bond donors (Lipinski definition) is 0. The molecule has 1 fully saturated rings. The topological polar surface area (TPSA) is 40.9 Å². The third kappa shape index (κ3) is 2.98. The summed E-state index contributed by atoms with van der Waals surface area (Å²) in [6, 6.07) is 4.84. The van der Waals surface area contributed by atoms with Crippen LogP contribution in [0.5, 0.6) is 0 Å². The van der Waals surface area contributed by atoms with Crippen molar-refractivity contribution in [3.63, 3.8) is 0 Å². The van der Waals surface area contributed by atoms with Crippen molar-refractivity contribution >= 4 is 10.8 Å². The molecule has 19 heavy (non-hydrogen) atoms. The molecule has 0 radical (unpaired) electrons. The van der Waals surface area contributed by atoms with Crippen molar-refractivity contribution in [3.05, 3.63) is 29.3 Å². The molecule has 1 atom stereocenters. The summed E-state index contributed by atoms with van der Waals surface area (Å²) in [6.45, 7) is 0. The highest BCUT2D eigenvalue weighted by molar-refractivity contribution is 7.85. The van der Waals surface area contributed by atoms with Crippen molar-refractivity contribution in [2.75, 3.05) is 0 Å². The standard InChI is InChI=1S/C13H12F3NOS/c14-13(15,16)12-7-11(6-5-9(12)8-17)19(18)10-3-1-2-4-10/h5-7,10H,1-4H2. The molecule has 1 unspecified atom stereocenters. The fourth-order valence-electron chi connectivity index (χ4n) is 2.28. The molecule has 0 heterocycles.